The van der Waals surface area contributed by atoms with Crippen molar-refractivity contribution in [2.75, 3.05) is 5.75 Å². The number of nitrogens with zero attached hydrogens (tertiary/aromatic N) is 1. The number of benzene rings is 3. The molecule has 2 unspecified atom stereocenters. The minimum Gasteiger partial charge on any atom is -0.352 e. The largest absolute Gasteiger partial charge is 0.352 e. The Labute approximate surface area is 230 Å². The monoisotopic (exact) mass is 536 g/mol. The Bertz CT molecular complexity index is 1160. The fraction of sp³-hybridized carbons (Fsp3) is 0.355. The highest BCUT2D eigenvalue weighted by atomic mass is 35.5. The van der Waals surface area contributed by atoms with Crippen LogP contribution in [0.3, 0.4) is 0 Å². The summed E-state index contributed by atoms with van der Waals surface area (Å²) in [7, 11) is 0. The highest BCUT2D eigenvalue weighted by molar-refractivity contribution is 7.99. The van der Waals surface area contributed by atoms with E-state index in [1.54, 1.807) is 16.7 Å². The summed E-state index contributed by atoms with van der Waals surface area (Å²) in [6.07, 6.45) is 1.25. The SMILES string of the molecule is CCC(C)NC(=O)C(Cc1ccccc1)N(Cc1ccccc1Cl)C(=O)CSCc1cc(C)cc(C)c1. The van der Waals surface area contributed by atoms with E-state index in [1.165, 1.54) is 16.7 Å². The number of rotatable bonds is 12. The minimum atomic E-state index is -0.651. The molecule has 0 saturated heterocycles. The van der Waals surface area contributed by atoms with Crippen molar-refractivity contribution in [3.63, 3.8) is 0 Å². The lowest BCUT2D eigenvalue weighted by Crippen LogP contribution is -2.52. The maximum atomic E-state index is 13.8. The van der Waals surface area contributed by atoms with Gasteiger partial charge < -0.3 is 10.2 Å². The average molecular weight is 537 g/mol. The zero-order chi connectivity index (χ0) is 26.8. The summed E-state index contributed by atoms with van der Waals surface area (Å²) in [5.74, 6) is 0.795. The molecule has 0 aliphatic carbocycles. The van der Waals surface area contributed by atoms with Gasteiger partial charge in [-0.25, -0.2) is 0 Å². The summed E-state index contributed by atoms with van der Waals surface area (Å²) in [6.45, 7) is 8.46. The van der Waals surface area contributed by atoms with Gasteiger partial charge in [0, 0.05) is 29.8 Å². The van der Waals surface area contributed by atoms with Crippen LogP contribution in [0.5, 0.6) is 0 Å². The molecule has 0 radical (unpaired) electrons. The van der Waals surface area contributed by atoms with Crippen LogP contribution in [0.1, 0.15) is 48.1 Å². The van der Waals surface area contributed by atoms with Gasteiger partial charge in [-0.2, -0.15) is 0 Å². The first-order valence-electron chi connectivity index (χ1n) is 12.8. The van der Waals surface area contributed by atoms with E-state index in [4.69, 9.17) is 11.6 Å². The minimum absolute atomic E-state index is 0.0157. The number of hydrogen-bond acceptors (Lipinski definition) is 3. The molecule has 0 fully saturated rings. The van der Waals surface area contributed by atoms with Gasteiger partial charge in [0.25, 0.3) is 0 Å². The van der Waals surface area contributed by atoms with E-state index in [0.717, 1.165) is 23.3 Å². The van der Waals surface area contributed by atoms with Crippen molar-refractivity contribution in [2.24, 2.45) is 0 Å². The van der Waals surface area contributed by atoms with Crippen molar-refractivity contribution in [2.45, 2.75) is 64.9 Å². The van der Waals surface area contributed by atoms with Crippen molar-refractivity contribution in [1.82, 2.24) is 10.2 Å². The highest BCUT2D eigenvalue weighted by Gasteiger charge is 2.31. The number of carbonyl (C=O) groups excluding carboxylic acids is 2. The normalized spacial score (nSPS) is 12.6. The van der Waals surface area contributed by atoms with Gasteiger partial charge >= 0.3 is 0 Å². The summed E-state index contributed by atoms with van der Waals surface area (Å²) in [5, 5.41) is 3.69. The van der Waals surface area contributed by atoms with E-state index >= 15 is 0 Å². The molecule has 2 atom stereocenters. The summed E-state index contributed by atoms with van der Waals surface area (Å²) in [5.41, 5.74) is 5.46. The lowest BCUT2D eigenvalue weighted by Gasteiger charge is -2.32. The van der Waals surface area contributed by atoms with Gasteiger partial charge in [-0.05, 0) is 49.9 Å². The number of amides is 2. The lowest BCUT2D eigenvalue weighted by molar-refractivity contribution is -0.139. The molecular formula is C31H37ClN2O2S. The quantitative estimate of drug-likeness (QED) is 0.279. The second kappa shape index (κ2) is 14.3. The third kappa shape index (κ3) is 8.94. The van der Waals surface area contributed by atoms with Gasteiger partial charge in [0.05, 0.1) is 5.75 Å². The van der Waals surface area contributed by atoms with Gasteiger partial charge in [-0.3, -0.25) is 9.59 Å². The first-order valence-corrected chi connectivity index (χ1v) is 14.3. The van der Waals surface area contributed by atoms with Gasteiger partial charge in [0.2, 0.25) is 11.8 Å². The molecule has 3 aromatic rings. The Morgan fingerprint density at radius 3 is 2.24 bits per heavy atom. The number of aryl methyl sites for hydroxylation is 2. The third-order valence-electron chi connectivity index (χ3n) is 6.35. The topological polar surface area (TPSA) is 49.4 Å². The molecule has 0 aromatic heterocycles. The van der Waals surface area contributed by atoms with Crippen LogP contribution in [-0.2, 0) is 28.3 Å². The Morgan fingerprint density at radius 1 is 0.946 bits per heavy atom. The number of carbonyl (C=O) groups is 2. The maximum absolute atomic E-state index is 13.8. The van der Waals surface area contributed by atoms with Crippen LogP contribution in [0, 0.1) is 13.8 Å². The fourth-order valence-electron chi connectivity index (χ4n) is 4.30. The summed E-state index contributed by atoms with van der Waals surface area (Å²) in [6, 6.07) is 23.2. The van der Waals surface area contributed by atoms with E-state index in [9.17, 15) is 9.59 Å². The van der Waals surface area contributed by atoms with Crippen LogP contribution < -0.4 is 5.32 Å². The smallest absolute Gasteiger partial charge is 0.243 e. The van der Waals surface area contributed by atoms with Gasteiger partial charge in [0.1, 0.15) is 6.04 Å². The Hall–Kier alpha value is -2.76. The molecule has 196 valence electrons. The Balaban J connectivity index is 1.87. The molecule has 0 heterocycles. The van der Waals surface area contributed by atoms with Crippen LogP contribution in [0.15, 0.2) is 72.8 Å². The molecule has 0 saturated carbocycles. The molecule has 1 N–H and O–H groups in total. The van der Waals surface area contributed by atoms with Gasteiger partial charge in [0.15, 0.2) is 0 Å². The second-order valence-electron chi connectivity index (χ2n) is 9.63. The average Bonchev–Trinajstić information content (AvgIpc) is 2.87. The molecule has 0 spiro atoms. The lowest BCUT2D eigenvalue weighted by atomic mass is 10.0. The fourth-order valence-corrected chi connectivity index (χ4v) is 5.34. The van der Waals surface area contributed by atoms with Crippen molar-refractivity contribution in [1.29, 1.82) is 0 Å². The predicted octanol–water partition coefficient (Wildman–Crippen LogP) is 6.74. The zero-order valence-electron chi connectivity index (χ0n) is 22.2. The Morgan fingerprint density at radius 2 is 1.59 bits per heavy atom. The predicted molar refractivity (Wildman–Crippen MR) is 156 cm³/mol. The first-order chi connectivity index (χ1) is 17.8. The number of halogens is 1. The molecule has 3 aromatic carbocycles. The third-order valence-corrected chi connectivity index (χ3v) is 7.70. The Kier molecular flexibility index (Phi) is 11.1. The number of hydrogen-bond donors (Lipinski definition) is 1. The van der Waals surface area contributed by atoms with Crippen LogP contribution >= 0.6 is 23.4 Å². The molecule has 3 rings (SSSR count). The molecule has 0 aliphatic heterocycles. The molecule has 2 amide bonds. The van der Waals surface area contributed by atoms with E-state index in [2.05, 4.69) is 37.4 Å². The zero-order valence-corrected chi connectivity index (χ0v) is 23.7. The summed E-state index contributed by atoms with van der Waals surface area (Å²) >= 11 is 8.07. The number of thioether (sulfide) groups is 1. The van der Waals surface area contributed by atoms with Crippen LogP contribution in [-0.4, -0.2) is 34.6 Å². The highest BCUT2D eigenvalue weighted by Crippen LogP contribution is 2.23. The first kappa shape index (κ1) is 28.8. The molecule has 37 heavy (non-hydrogen) atoms. The van der Waals surface area contributed by atoms with Crippen molar-refractivity contribution in [3.8, 4) is 0 Å². The van der Waals surface area contributed by atoms with Crippen LogP contribution in [0.2, 0.25) is 5.02 Å². The van der Waals surface area contributed by atoms with Crippen molar-refractivity contribution >= 4 is 35.2 Å². The molecule has 0 aliphatic rings. The van der Waals surface area contributed by atoms with Crippen LogP contribution in [0.4, 0.5) is 0 Å². The van der Waals surface area contributed by atoms with Crippen LogP contribution in [0.25, 0.3) is 0 Å². The molecule has 0 bridgehead atoms. The summed E-state index contributed by atoms with van der Waals surface area (Å²) in [4.78, 5) is 29.0. The molecule has 6 heteroatoms. The van der Waals surface area contributed by atoms with E-state index in [0.29, 0.717) is 11.4 Å². The maximum Gasteiger partial charge on any atom is 0.243 e. The van der Waals surface area contributed by atoms with Gasteiger partial charge in [-0.15, -0.1) is 11.8 Å². The van der Waals surface area contributed by atoms with E-state index < -0.39 is 6.04 Å². The van der Waals surface area contributed by atoms with Crippen molar-refractivity contribution < 1.29 is 9.59 Å². The van der Waals surface area contributed by atoms with Gasteiger partial charge in [-0.1, -0.05) is 96.4 Å². The van der Waals surface area contributed by atoms with E-state index in [1.807, 2.05) is 68.4 Å². The standard InChI is InChI=1S/C31H37ClN2O2S/c1-5-24(4)33-31(36)29(18-25-11-7-6-8-12-25)34(19-27-13-9-10-14-28(27)32)30(35)21-37-20-26-16-22(2)15-23(3)17-26/h6-17,24,29H,5,18-21H2,1-4H3,(H,33,36). The van der Waals surface area contributed by atoms with Crippen molar-refractivity contribution in [3.05, 3.63) is 106 Å². The molecule has 4 nitrogen and oxygen atoms in total. The second-order valence-corrected chi connectivity index (χ2v) is 11.0. The number of nitrogens with one attached hydrogen (secondary N) is 1. The summed E-state index contributed by atoms with van der Waals surface area (Å²) < 4.78 is 0. The molecular weight excluding hydrogens is 500 g/mol. The van der Waals surface area contributed by atoms with E-state index in [-0.39, 0.29) is 30.2 Å².